The van der Waals surface area contributed by atoms with E-state index in [1.165, 1.54) is 0 Å². The number of rotatable bonds is 6. The molecule has 0 aliphatic carbocycles. The summed E-state index contributed by atoms with van der Waals surface area (Å²) in [4.78, 5) is 10.5. The van der Waals surface area contributed by atoms with Crippen LogP contribution in [0.25, 0.3) is 0 Å². The Kier molecular flexibility index (Phi) is 8.19. The van der Waals surface area contributed by atoms with Gasteiger partial charge in [0.2, 0.25) is 0 Å². The van der Waals surface area contributed by atoms with Crippen molar-refractivity contribution in [3.05, 3.63) is 0 Å². The van der Waals surface area contributed by atoms with Crippen LogP contribution in [-0.4, -0.2) is 29.7 Å². The summed E-state index contributed by atoms with van der Waals surface area (Å²) >= 11 is 16.5. The number of hydrogen-bond acceptors (Lipinski definition) is 2. The SMILES string of the molecule is O=C(CCl)OCCC(Cl)CCCl. The Hall–Kier alpha value is 0.340. The number of halogens is 3. The van der Waals surface area contributed by atoms with Crippen LogP contribution in [0.5, 0.6) is 0 Å². The average Bonchev–Trinajstić information content (AvgIpc) is 2.04. The molecule has 0 bridgehead atoms. The molecule has 0 N–H and O–H groups in total. The van der Waals surface area contributed by atoms with Gasteiger partial charge in [0.15, 0.2) is 0 Å². The Morgan fingerprint density at radius 3 is 2.50 bits per heavy atom. The largest absolute Gasteiger partial charge is 0.465 e. The van der Waals surface area contributed by atoms with Crippen molar-refractivity contribution in [1.82, 2.24) is 0 Å². The van der Waals surface area contributed by atoms with Crippen molar-refractivity contribution < 1.29 is 9.53 Å². The number of ether oxygens (including phenoxy) is 1. The zero-order valence-corrected chi connectivity index (χ0v) is 8.83. The fourth-order valence-corrected chi connectivity index (χ4v) is 1.25. The molecule has 0 aromatic carbocycles. The Morgan fingerprint density at radius 2 is 2.00 bits per heavy atom. The zero-order chi connectivity index (χ0) is 9.40. The minimum Gasteiger partial charge on any atom is -0.465 e. The van der Waals surface area contributed by atoms with Gasteiger partial charge in [-0.25, -0.2) is 0 Å². The third-order valence-corrected chi connectivity index (χ3v) is 2.10. The van der Waals surface area contributed by atoms with Crippen LogP contribution in [0.15, 0.2) is 0 Å². The normalized spacial score (nSPS) is 12.6. The van der Waals surface area contributed by atoms with Crippen molar-refractivity contribution in [2.45, 2.75) is 18.2 Å². The predicted octanol–water partition coefficient (Wildman–Crippen LogP) is 2.39. The highest BCUT2D eigenvalue weighted by atomic mass is 35.5. The van der Waals surface area contributed by atoms with Crippen molar-refractivity contribution in [3.8, 4) is 0 Å². The Balaban J connectivity index is 3.24. The molecular weight excluding hydrogens is 222 g/mol. The van der Waals surface area contributed by atoms with Crippen LogP contribution < -0.4 is 0 Å². The van der Waals surface area contributed by atoms with Gasteiger partial charge in [0.05, 0.1) is 6.61 Å². The van der Waals surface area contributed by atoms with Gasteiger partial charge in [-0.3, -0.25) is 4.79 Å². The summed E-state index contributed by atoms with van der Waals surface area (Å²) in [6.45, 7) is 0.316. The molecule has 0 aromatic rings. The Bertz CT molecular complexity index is 130. The number of hydrogen-bond donors (Lipinski definition) is 0. The molecule has 0 aliphatic heterocycles. The third kappa shape index (κ3) is 7.01. The first-order valence-electron chi connectivity index (χ1n) is 3.62. The Labute approximate surface area is 87.1 Å². The van der Waals surface area contributed by atoms with Crippen molar-refractivity contribution in [3.63, 3.8) is 0 Å². The van der Waals surface area contributed by atoms with Crippen LogP contribution in [-0.2, 0) is 9.53 Å². The second kappa shape index (κ2) is 7.96. The topological polar surface area (TPSA) is 26.3 Å². The van der Waals surface area contributed by atoms with E-state index in [-0.39, 0.29) is 11.3 Å². The summed E-state index contributed by atoms with van der Waals surface area (Å²) in [5.41, 5.74) is 0. The van der Waals surface area contributed by atoms with Gasteiger partial charge in [-0.1, -0.05) is 0 Å². The lowest BCUT2D eigenvalue weighted by atomic mass is 10.2. The molecule has 0 aliphatic rings. The maximum atomic E-state index is 10.5. The van der Waals surface area contributed by atoms with Crippen molar-refractivity contribution >= 4 is 40.8 Å². The number of carbonyl (C=O) groups excluding carboxylic acids is 1. The van der Waals surface area contributed by atoms with E-state index in [0.717, 1.165) is 6.42 Å². The minimum absolute atomic E-state index is 0.0226. The van der Waals surface area contributed by atoms with Gasteiger partial charge in [0, 0.05) is 11.3 Å². The highest BCUT2D eigenvalue weighted by Crippen LogP contribution is 2.08. The van der Waals surface area contributed by atoms with E-state index in [2.05, 4.69) is 0 Å². The van der Waals surface area contributed by atoms with Gasteiger partial charge < -0.3 is 4.74 Å². The summed E-state index contributed by atoms with van der Waals surface area (Å²) in [5, 5.41) is -0.0226. The summed E-state index contributed by atoms with van der Waals surface area (Å²) < 4.78 is 4.71. The third-order valence-electron chi connectivity index (χ3n) is 1.23. The summed E-state index contributed by atoms with van der Waals surface area (Å²) in [6.07, 6.45) is 1.35. The molecule has 0 radical (unpaired) electrons. The molecular formula is C7H11Cl3O2. The molecule has 12 heavy (non-hydrogen) atoms. The quantitative estimate of drug-likeness (QED) is 0.520. The fraction of sp³-hybridized carbons (Fsp3) is 0.857. The molecule has 0 saturated carbocycles. The molecule has 72 valence electrons. The molecule has 0 aromatic heterocycles. The van der Waals surface area contributed by atoms with Crippen molar-refractivity contribution in [2.24, 2.45) is 0 Å². The average molecular weight is 234 g/mol. The Morgan fingerprint density at radius 1 is 1.33 bits per heavy atom. The molecule has 0 fully saturated rings. The molecule has 5 heteroatoms. The number of alkyl halides is 3. The minimum atomic E-state index is -0.411. The smallest absolute Gasteiger partial charge is 0.320 e. The highest BCUT2D eigenvalue weighted by Gasteiger charge is 2.05. The number of esters is 1. The van der Waals surface area contributed by atoms with E-state index in [4.69, 9.17) is 39.5 Å². The molecule has 0 amide bonds. The summed E-state index contributed by atoms with van der Waals surface area (Å²) in [6, 6.07) is 0. The lowest BCUT2D eigenvalue weighted by Crippen LogP contribution is -2.11. The van der Waals surface area contributed by atoms with E-state index in [1.54, 1.807) is 0 Å². The molecule has 1 unspecified atom stereocenters. The molecule has 0 spiro atoms. The first-order chi connectivity index (χ1) is 5.70. The maximum Gasteiger partial charge on any atom is 0.320 e. The summed E-state index contributed by atoms with van der Waals surface area (Å²) in [7, 11) is 0. The van der Waals surface area contributed by atoms with Gasteiger partial charge in [-0.15, -0.1) is 34.8 Å². The van der Waals surface area contributed by atoms with Crippen LogP contribution >= 0.6 is 34.8 Å². The van der Waals surface area contributed by atoms with Gasteiger partial charge in [0.1, 0.15) is 5.88 Å². The van der Waals surface area contributed by atoms with E-state index < -0.39 is 5.97 Å². The van der Waals surface area contributed by atoms with Gasteiger partial charge in [-0.2, -0.15) is 0 Å². The van der Waals surface area contributed by atoms with Crippen molar-refractivity contribution in [2.75, 3.05) is 18.4 Å². The van der Waals surface area contributed by atoms with Gasteiger partial charge >= 0.3 is 5.97 Å². The van der Waals surface area contributed by atoms with E-state index in [0.29, 0.717) is 18.9 Å². The first-order valence-corrected chi connectivity index (χ1v) is 5.13. The van der Waals surface area contributed by atoms with Crippen LogP contribution in [0.3, 0.4) is 0 Å². The van der Waals surface area contributed by atoms with E-state index in [1.807, 2.05) is 0 Å². The maximum absolute atomic E-state index is 10.5. The molecule has 0 saturated heterocycles. The first kappa shape index (κ1) is 12.3. The van der Waals surface area contributed by atoms with Crippen LogP contribution in [0.2, 0.25) is 0 Å². The highest BCUT2D eigenvalue weighted by molar-refractivity contribution is 6.26. The molecule has 2 nitrogen and oxygen atoms in total. The lowest BCUT2D eigenvalue weighted by Gasteiger charge is -2.06. The standard InChI is InChI=1S/C7H11Cl3O2/c8-3-1-6(10)2-4-12-7(11)5-9/h6H,1-5H2. The van der Waals surface area contributed by atoms with Crippen LogP contribution in [0.4, 0.5) is 0 Å². The zero-order valence-electron chi connectivity index (χ0n) is 6.56. The molecule has 1 atom stereocenters. The van der Waals surface area contributed by atoms with Gasteiger partial charge in [-0.05, 0) is 12.8 Å². The predicted molar refractivity (Wildman–Crippen MR) is 51.3 cm³/mol. The number of carbonyl (C=O) groups is 1. The van der Waals surface area contributed by atoms with E-state index >= 15 is 0 Å². The second-order valence-corrected chi connectivity index (χ2v) is 3.48. The second-order valence-electron chi connectivity index (χ2n) is 2.22. The summed E-state index contributed by atoms with van der Waals surface area (Å²) in [5.74, 6) is 0.00601. The monoisotopic (exact) mass is 232 g/mol. The van der Waals surface area contributed by atoms with Gasteiger partial charge in [0.25, 0.3) is 0 Å². The van der Waals surface area contributed by atoms with Crippen LogP contribution in [0, 0.1) is 0 Å². The molecule has 0 heterocycles. The molecule has 0 rings (SSSR count). The fourth-order valence-electron chi connectivity index (χ4n) is 0.602. The lowest BCUT2D eigenvalue weighted by molar-refractivity contribution is -0.140. The van der Waals surface area contributed by atoms with Crippen LogP contribution in [0.1, 0.15) is 12.8 Å². The van der Waals surface area contributed by atoms with E-state index in [9.17, 15) is 4.79 Å². The van der Waals surface area contributed by atoms with Crippen molar-refractivity contribution in [1.29, 1.82) is 0 Å².